The van der Waals surface area contributed by atoms with Gasteiger partial charge in [-0.05, 0) is 94.4 Å². The predicted octanol–water partition coefficient (Wildman–Crippen LogP) is 9.36. The molecule has 0 unspecified atom stereocenters. The van der Waals surface area contributed by atoms with E-state index in [1.54, 1.807) is 12.4 Å². The van der Waals surface area contributed by atoms with E-state index in [-0.39, 0.29) is 0 Å². The molecule has 0 aliphatic carbocycles. The molecule has 0 aliphatic rings. The fourth-order valence-corrected chi connectivity index (χ4v) is 5.70. The second-order valence-electron chi connectivity index (χ2n) is 10.1. The van der Waals surface area contributed by atoms with E-state index in [0.29, 0.717) is 5.56 Å². The van der Waals surface area contributed by atoms with Crippen LogP contribution in [0.25, 0.3) is 60.9 Å². The molecule has 0 saturated carbocycles. The highest BCUT2D eigenvalue weighted by Crippen LogP contribution is 2.39. The van der Waals surface area contributed by atoms with Crippen LogP contribution in [-0.4, -0.2) is 9.55 Å². The summed E-state index contributed by atoms with van der Waals surface area (Å²) in [5, 5.41) is 12.5. The Bertz CT molecular complexity index is 1950. The Balaban J connectivity index is 1.52. The van der Waals surface area contributed by atoms with E-state index in [2.05, 4.69) is 114 Å². The highest BCUT2D eigenvalue weighted by molar-refractivity contribution is 6.11. The summed E-state index contributed by atoms with van der Waals surface area (Å²) in [6.07, 6.45) is 3.53. The van der Waals surface area contributed by atoms with Crippen LogP contribution in [0.15, 0.2) is 134 Å². The second kappa shape index (κ2) is 9.69. The van der Waals surface area contributed by atoms with Crippen LogP contribution in [0.1, 0.15) is 11.1 Å². The molecular formula is C37H25N3. The van der Waals surface area contributed by atoms with Crippen molar-refractivity contribution in [2.75, 3.05) is 0 Å². The molecule has 2 heterocycles. The molecule has 40 heavy (non-hydrogen) atoms. The van der Waals surface area contributed by atoms with Crippen molar-refractivity contribution in [3.63, 3.8) is 0 Å². The van der Waals surface area contributed by atoms with Crippen LogP contribution < -0.4 is 0 Å². The van der Waals surface area contributed by atoms with E-state index < -0.39 is 0 Å². The second-order valence-corrected chi connectivity index (χ2v) is 10.1. The van der Waals surface area contributed by atoms with Crippen molar-refractivity contribution in [3.05, 3.63) is 145 Å². The van der Waals surface area contributed by atoms with Gasteiger partial charge in [-0.3, -0.25) is 4.98 Å². The molecule has 0 fully saturated rings. The first-order valence-corrected chi connectivity index (χ1v) is 13.4. The van der Waals surface area contributed by atoms with Gasteiger partial charge in [0.25, 0.3) is 0 Å². The van der Waals surface area contributed by atoms with Crippen LogP contribution in [0.4, 0.5) is 0 Å². The van der Waals surface area contributed by atoms with Gasteiger partial charge in [0.1, 0.15) is 0 Å². The van der Waals surface area contributed by atoms with E-state index in [4.69, 9.17) is 0 Å². The minimum Gasteiger partial charge on any atom is -0.309 e. The molecule has 0 radical (unpaired) electrons. The van der Waals surface area contributed by atoms with E-state index >= 15 is 0 Å². The van der Waals surface area contributed by atoms with Crippen LogP contribution in [0.3, 0.4) is 0 Å². The number of nitrogens with zero attached hydrogens (tertiary/aromatic N) is 3. The first kappa shape index (κ1) is 23.6. The standard InChI is InChI=1S/C37H25N3/c1-25-20-32(28-16-18-39-19-17-28)31(24-38)23-37(25)40-35-14-12-29(26-8-4-2-5-9-26)21-33(35)34-22-30(13-15-36(34)40)27-10-6-3-7-11-27/h2-23H,1H3. The summed E-state index contributed by atoms with van der Waals surface area (Å²) in [7, 11) is 0. The number of hydrogen-bond acceptors (Lipinski definition) is 2. The fraction of sp³-hybridized carbons (Fsp3) is 0.0270. The average molecular weight is 512 g/mol. The summed E-state index contributed by atoms with van der Waals surface area (Å²) in [5.41, 5.74) is 11.6. The fourth-order valence-electron chi connectivity index (χ4n) is 5.70. The predicted molar refractivity (Wildman–Crippen MR) is 164 cm³/mol. The van der Waals surface area contributed by atoms with Gasteiger partial charge in [0.2, 0.25) is 0 Å². The van der Waals surface area contributed by atoms with E-state index in [9.17, 15) is 5.26 Å². The summed E-state index contributed by atoms with van der Waals surface area (Å²) >= 11 is 0. The molecule has 3 heteroatoms. The van der Waals surface area contributed by atoms with Crippen LogP contribution in [0, 0.1) is 18.3 Å². The monoisotopic (exact) mass is 511 g/mol. The van der Waals surface area contributed by atoms with E-state index in [1.165, 1.54) is 33.0 Å². The first-order chi connectivity index (χ1) is 19.7. The van der Waals surface area contributed by atoms with Crippen molar-refractivity contribution < 1.29 is 0 Å². The lowest BCUT2D eigenvalue weighted by Gasteiger charge is -2.15. The SMILES string of the molecule is Cc1cc(-c2ccncc2)c(C#N)cc1-n1c2ccc(-c3ccccc3)cc2c2cc(-c3ccccc3)ccc21. The van der Waals surface area contributed by atoms with Crippen molar-refractivity contribution in [2.45, 2.75) is 6.92 Å². The third-order valence-electron chi connectivity index (χ3n) is 7.67. The Morgan fingerprint density at radius 3 is 1.65 bits per heavy atom. The first-order valence-electron chi connectivity index (χ1n) is 13.4. The smallest absolute Gasteiger partial charge is 0.0998 e. The highest BCUT2D eigenvalue weighted by atomic mass is 15.0. The zero-order valence-electron chi connectivity index (χ0n) is 22.0. The van der Waals surface area contributed by atoms with E-state index in [0.717, 1.165) is 33.4 Å². The Morgan fingerprint density at radius 2 is 1.12 bits per heavy atom. The minimum absolute atomic E-state index is 0.642. The molecular weight excluding hydrogens is 486 g/mol. The quantitative estimate of drug-likeness (QED) is 0.236. The number of pyridine rings is 1. The number of nitriles is 1. The van der Waals surface area contributed by atoms with Gasteiger partial charge < -0.3 is 4.57 Å². The van der Waals surface area contributed by atoms with Crippen LogP contribution >= 0.6 is 0 Å². The molecule has 7 aromatic rings. The zero-order valence-corrected chi connectivity index (χ0v) is 22.0. The van der Waals surface area contributed by atoms with Crippen molar-refractivity contribution in [2.24, 2.45) is 0 Å². The molecule has 0 atom stereocenters. The van der Waals surface area contributed by atoms with Gasteiger partial charge in [-0.1, -0.05) is 72.8 Å². The van der Waals surface area contributed by atoms with Crippen molar-refractivity contribution >= 4 is 21.8 Å². The molecule has 0 spiro atoms. The van der Waals surface area contributed by atoms with Gasteiger partial charge in [-0.15, -0.1) is 0 Å². The van der Waals surface area contributed by atoms with Gasteiger partial charge >= 0.3 is 0 Å². The molecule has 5 aromatic carbocycles. The summed E-state index contributed by atoms with van der Waals surface area (Å²) in [6.45, 7) is 2.12. The molecule has 0 amide bonds. The number of fused-ring (bicyclic) bond motifs is 3. The van der Waals surface area contributed by atoms with Gasteiger partial charge in [-0.2, -0.15) is 5.26 Å². The Morgan fingerprint density at radius 1 is 0.575 bits per heavy atom. The third-order valence-corrected chi connectivity index (χ3v) is 7.67. The van der Waals surface area contributed by atoms with Gasteiger partial charge in [0.15, 0.2) is 0 Å². The van der Waals surface area contributed by atoms with Crippen molar-refractivity contribution in [1.29, 1.82) is 5.26 Å². The molecule has 7 rings (SSSR count). The Hall–Kier alpha value is -5.46. The summed E-state index contributed by atoms with van der Waals surface area (Å²) in [6, 6.07) is 44.9. The largest absolute Gasteiger partial charge is 0.309 e. The average Bonchev–Trinajstić information content (AvgIpc) is 3.35. The molecule has 188 valence electrons. The maximum Gasteiger partial charge on any atom is 0.0998 e. The normalized spacial score (nSPS) is 11.1. The number of aromatic nitrogens is 2. The number of benzene rings is 5. The molecule has 0 N–H and O–H groups in total. The maximum absolute atomic E-state index is 10.2. The summed E-state index contributed by atoms with van der Waals surface area (Å²) < 4.78 is 2.31. The number of rotatable bonds is 4. The topological polar surface area (TPSA) is 41.6 Å². The molecule has 3 nitrogen and oxygen atoms in total. The number of aryl methyl sites for hydroxylation is 1. The van der Waals surface area contributed by atoms with Crippen LogP contribution in [0.5, 0.6) is 0 Å². The Labute approximate surface area is 233 Å². The number of hydrogen-bond donors (Lipinski definition) is 0. The summed E-state index contributed by atoms with van der Waals surface area (Å²) in [4.78, 5) is 4.15. The minimum atomic E-state index is 0.642. The van der Waals surface area contributed by atoms with Crippen molar-refractivity contribution in [1.82, 2.24) is 9.55 Å². The highest BCUT2D eigenvalue weighted by Gasteiger charge is 2.18. The van der Waals surface area contributed by atoms with E-state index in [1.807, 2.05) is 30.3 Å². The Kier molecular flexibility index (Phi) is 5.73. The molecule has 0 saturated heterocycles. The van der Waals surface area contributed by atoms with Crippen molar-refractivity contribution in [3.8, 4) is 45.1 Å². The lowest BCUT2D eigenvalue weighted by Crippen LogP contribution is -1.99. The zero-order chi connectivity index (χ0) is 27.1. The lowest BCUT2D eigenvalue weighted by atomic mass is 9.97. The maximum atomic E-state index is 10.2. The van der Waals surface area contributed by atoms with Crippen LogP contribution in [-0.2, 0) is 0 Å². The van der Waals surface area contributed by atoms with Gasteiger partial charge in [-0.25, -0.2) is 0 Å². The van der Waals surface area contributed by atoms with Gasteiger partial charge in [0, 0.05) is 23.2 Å². The third kappa shape index (κ3) is 3.95. The molecule has 0 aliphatic heterocycles. The van der Waals surface area contributed by atoms with Gasteiger partial charge in [0.05, 0.1) is 28.4 Å². The summed E-state index contributed by atoms with van der Waals surface area (Å²) in [5.74, 6) is 0. The lowest BCUT2D eigenvalue weighted by molar-refractivity contribution is 1.15. The molecule has 0 bridgehead atoms. The molecule has 2 aromatic heterocycles. The van der Waals surface area contributed by atoms with Crippen LogP contribution in [0.2, 0.25) is 0 Å².